The van der Waals surface area contributed by atoms with Gasteiger partial charge in [0.15, 0.2) is 0 Å². The molecule has 72 valence electrons. The monoisotopic (exact) mass is 169 g/mol. The molecule has 0 aliphatic heterocycles. The van der Waals surface area contributed by atoms with Crippen LogP contribution in [0.3, 0.4) is 0 Å². The zero-order chi connectivity index (χ0) is 9.40. The van der Waals surface area contributed by atoms with Crippen LogP contribution in [0.5, 0.6) is 0 Å². The van der Waals surface area contributed by atoms with Gasteiger partial charge in [-0.1, -0.05) is 33.8 Å². The highest BCUT2D eigenvalue weighted by Crippen LogP contribution is 2.08. The summed E-state index contributed by atoms with van der Waals surface area (Å²) in [7, 11) is 0. The molecule has 1 N–H and O–H groups in total. The first kappa shape index (κ1) is 11.5. The fourth-order valence-corrected chi connectivity index (χ4v) is 1.11. The van der Waals surface area contributed by atoms with E-state index in [0.29, 0.717) is 0 Å². The number of hydrogen-bond donors (Lipinski definition) is 1. The molecule has 0 bridgehead atoms. The van der Waals surface area contributed by atoms with Crippen molar-refractivity contribution in [3.8, 4) is 0 Å². The van der Waals surface area contributed by atoms with Crippen molar-refractivity contribution in [1.82, 2.24) is 5.32 Å². The Labute approximate surface area is 77.2 Å². The van der Waals surface area contributed by atoms with E-state index >= 15 is 0 Å². The van der Waals surface area contributed by atoms with Gasteiger partial charge in [-0.25, -0.2) is 0 Å². The molecule has 0 fully saturated rings. The van der Waals surface area contributed by atoms with Gasteiger partial charge in [0.1, 0.15) is 0 Å². The molecule has 1 nitrogen and oxygen atoms in total. The predicted octanol–water partition coefficient (Wildman–Crippen LogP) is 3.33. The summed E-state index contributed by atoms with van der Waals surface area (Å²) in [5, 5.41) is 3.31. The summed E-state index contributed by atoms with van der Waals surface area (Å²) in [6.45, 7) is 11.8. The third-order valence-corrected chi connectivity index (χ3v) is 1.89. The quantitative estimate of drug-likeness (QED) is 0.616. The van der Waals surface area contributed by atoms with Crippen LogP contribution in [-0.4, -0.2) is 6.54 Å². The summed E-state index contributed by atoms with van der Waals surface area (Å²) < 4.78 is 0. The largest absolute Gasteiger partial charge is 0.389 e. The average molecular weight is 169 g/mol. The summed E-state index contributed by atoms with van der Waals surface area (Å²) >= 11 is 0. The van der Waals surface area contributed by atoms with Gasteiger partial charge in [-0.15, -0.1) is 0 Å². The molecule has 0 rings (SSSR count). The normalized spacial score (nSPS) is 10.3. The maximum Gasteiger partial charge on any atom is 0.0141 e. The Morgan fingerprint density at radius 1 is 1.42 bits per heavy atom. The molecule has 1 heteroatoms. The van der Waals surface area contributed by atoms with Crippen molar-refractivity contribution in [3.63, 3.8) is 0 Å². The van der Waals surface area contributed by atoms with E-state index in [2.05, 4.69) is 32.7 Å². The van der Waals surface area contributed by atoms with Crippen molar-refractivity contribution in [2.75, 3.05) is 6.54 Å². The van der Waals surface area contributed by atoms with Gasteiger partial charge in [-0.05, 0) is 25.2 Å². The first-order valence-electron chi connectivity index (χ1n) is 5.08. The molecular formula is C11H23N. The first-order chi connectivity index (χ1) is 5.66. The standard InChI is InChI=1S/C11H23N/c1-5-9-12-11(4)8-6-7-10(2)3/h10,12H,4-9H2,1-3H3. The van der Waals surface area contributed by atoms with E-state index in [4.69, 9.17) is 0 Å². The molecule has 0 aromatic heterocycles. The molecule has 0 unspecified atom stereocenters. The minimum Gasteiger partial charge on any atom is -0.389 e. The highest BCUT2D eigenvalue weighted by atomic mass is 14.9. The lowest BCUT2D eigenvalue weighted by atomic mass is 10.1. The Kier molecular flexibility index (Phi) is 6.93. The minimum atomic E-state index is 0.823. The second-order valence-corrected chi connectivity index (χ2v) is 3.82. The van der Waals surface area contributed by atoms with Gasteiger partial charge in [0, 0.05) is 12.2 Å². The third-order valence-electron chi connectivity index (χ3n) is 1.89. The molecule has 0 aliphatic carbocycles. The molecule has 0 heterocycles. The molecule has 0 amide bonds. The minimum absolute atomic E-state index is 0.823. The van der Waals surface area contributed by atoms with Crippen LogP contribution in [0.25, 0.3) is 0 Å². The number of hydrogen-bond acceptors (Lipinski definition) is 1. The molecule has 0 atom stereocenters. The first-order valence-corrected chi connectivity index (χ1v) is 5.08. The maximum atomic E-state index is 3.98. The van der Waals surface area contributed by atoms with Gasteiger partial charge in [0.25, 0.3) is 0 Å². The zero-order valence-corrected chi connectivity index (χ0v) is 8.82. The van der Waals surface area contributed by atoms with Crippen molar-refractivity contribution in [1.29, 1.82) is 0 Å². The van der Waals surface area contributed by atoms with Gasteiger partial charge in [-0.2, -0.15) is 0 Å². The van der Waals surface area contributed by atoms with Gasteiger partial charge in [-0.3, -0.25) is 0 Å². The SMILES string of the molecule is C=C(CCCC(C)C)NCCC. The molecule has 0 aromatic rings. The van der Waals surface area contributed by atoms with E-state index in [9.17, 15) is 0 Å². The maximum absolute atomic E-state index is 3.98. The van der Waals surface area contributed by atoms with Crippen LogP contribution in [0.2, 0.25) is 0 Å². The van der Waals surface area contributed by atoms with Crippen LogP contribution in [0.4, 0.5) is 0 Å². The topological polar surface area (TPSA) is 12.0 Å². The summed E-state index contributed by atoms with van der Waals surface area (Å²) in [5.41, 5.74) is 1.21. The van der Waals surface area contributed by atoms with E-state index < -0.39 is 0 Å². The van der Waals surface area contributed by atoms with Crippen molar-refractivity contribution >= 4 is 0 Å². The molecule has 0 radical (unpaired) electrons. The lowest BCUT2D eigenvalue weighted by Gasteiger charge is -2.08. The van der Waals surface area contributed by atoms with Crippen molar-refractivity contribution in [2.24, 2.45) is 5.92 Å². The van der Waals surface area contributed by atoms with Crippen molar-refractivity contribution < 1.29 is 0 Å². The van der Waals surface area contributed by atoms with E-state index in [-0.39, 0.29) is 0 Å². The fourth-order valence-electron chi connectivity index (χ4n) is 1.11. The molecule has 0 aromatic carbocycles. The number of allylic oxidation sites excluding steroid dienone is 1. The molecule has 0 spiro atoms. The molecule has 12 heavy (non-hydrogen) atoms. The van der Waals surface area contributed by atoms with Gasteiger partial charge >= 0.3 is 0 Å². The summed E-state index contributed by atoms with van der Waals surface area (Å²) in [6, 6.07) is 0. The summed E-state index contributed by atoms with van der Waals surface area (Å²) in [5.74, 6) is 0.823. The average Bonchev–Trinajstić information content (AvgIpc) is 2.00. The zero-order valence-electron chi connectivity index (χ0n) is 8.82. The Balaban J connectivity index is 3.20. The number of rotatable bonds is 7. The third kappa shape index (κ3) is 7.64. The summed E-state index contributed by atoms with van der Waals surface area (Å²) in [4.78, 5) is 0. The number of nitrogens with one attached hydrogen (secondary N) is 1. The second kappa shape index (κ2) is 7.20. The van der Waals surface area contributed by atoms with Crippen LogP contribution < -0.4 is 5.32 Å². The summed E-state index contributed by atoms with van der Waals surface area (Å²) in [6.07, 6.45) is 4.90. The van der Waals surface area contributed by atoms with E-state index in [0.717, 1.165) is 18.9 Å². The van der Waals surface area contributed by atoms with E-state index in [1.54, 1.807) is 0 Å². The van der Waals surface area contributed by atoms with Gasteiger partial charge in [0.2, 0.25) is 0 Å². The molecular weight excluding hydrogens is 146 g/mol. The molecule has 0 aliphatic rings. The Morgan fingerprint density at radius 3 is 2.58 bits per heavy atom. The highest BCUT2D eigenvalue weighted by molar-refractivity contribution is 4.90. The predicted molar refractivity (Wildman–Crippen MR) is 56.1 cm³/mol. The van der Waals surface area contributed by atoms with Crippen LogP contribution in [0.15, 0.2) is 12.3 Å². The van der Waals surface area contributed by atoms with Crippen LogP contribution in [-0.2, 0) is 0 Å². The Morgan fingerprint density at radius 2 is 2.08 bits per heavy atom. The molecule has 0 saturated heterocycles. The Bertz CT molecular complexity index is 116. The Hall–Kier alpha value is -0.460. The smallest absolute Gasteiger partial charge is 0.0141 e. The highest BCUT2D eigenvalue weighted by Gasteiger charge is 1.95. The molecule has 0 saturated carbocycles. The van der Waals surface area contributed by atoms with Crippen LogP contribution >= 0.6 is 0 Å². The lowest BCUT2D eigenvalue weighted by molar-refractivity contribution is 0.545. The van der Waals surface area contributed by atoms with Crippen molar-refractivity contribution in [3.05, 3.63) is 12.3 Å². The van der Waals surface area contributed by atoms with E-state index in [1.165, 1.54) is 25.0 Å². The van der Waals surface area contributed by atoms with E-state index in [1.807, 2.05) is 0 Å². The van der Waals surface area contributed by atoms with Gasteiger partial charge in [0.05, 0.1) is 0 Å². The van der Waals surface area contributed by atoms with Crippen molar-refractivity contribution in [2.45, 2.75) is 46.5 Å². The van der Waals surface area contributed by atoms with Gasteiger partial charge < -0.3 is 5.32 Å². The van der Waals surface area contributed by atoms with Crippen LogP contribution in [0.1, 0.15) is 46.5 Å². The fraction of sp³-hybridized carbons (Fsp3) is 0.818. The second-order valence-electron chi connectivity index (χ2n) is 3.82. The lowest BCUT2D eigenvalue weighted by Crippen LogP contribution is -2.12. The van der Waals surface area contributed by atoms with Crippen LogP contribution in [0, 0.1) is 5.92 Å².